The summed E-state index contributed by atoms with van der Waals surface area (Å²) < 4.78 is 17.3. The summed E-state index contributed by atoms with van der Waals surface area (Å²) in [6.45, 7) is 2.44. The molecule has 1 N–H and O–H groups in total. The molecule has 0 aliphatic carbocycles. The molecular weight excluding hydrogens is 469 g/mol. The molecule has 1 atom stereocenters. The van der Waals surface area contributed by atoms with Crippen LogP contribution in [0, 0.1) is 12.7 Å². The first-order valence-electron chi connectivity index (χ1n) is 10.4. The highest BCUT2D eigenvalue weighted by Crippen LogP contribution is 2.38. The third-order valence-electron chi connectivity index (χ3n) is 5.88. The van der Waals surface area contributed by atoms with Gasteiger partial charge in [0.2, 0.25) is 0 Å². The van der Waals surface area contributed by atoms with Gasteiger partial charge in [0.05, 0.1) is 17.9 Å². The van der Waals surface area contributed by atoms with E-state index < -0.39 is 5.82 Å². The Labute approximate surface area is 194 Å². The summed E-state index contributed by atoms with van der Waals surface area (Å²) in [4.78, 5) is 15.4. The van der Waals surface area contributed by atoms with Crippen LogP contribution in [0.1, 0.15) is 28.4 Å². The maximum Gasteiger partial charge on any atom is 0.323 e. The highest BCUT2D eigenvalue weighted by atomic mass is 79.9. The van der Waals surface area contributed by atoms with Crippen molar-refractivity contribution in [3.63, 3.8) is 0 Å². The van der Waals surface area contributed by atoms with Gasteiger partial charge in [0.25, 0.3) is 0 Å². The van der Waals surface area contributed by atoms with Crippen molar-refractivity contribution in [3.05, 3.63) is 118 Å². The number of halogens is 2. The number of urea groups is 1. The second-order valence-electron chi connectivity index (χ2n) is 7.87. The number of aromatic nitrogens is 1. The smallest absolute Gasteiger partial charge is 0.318 e. The van der Waals surface area contributed by atoms with Crippen molar-refractivity contribution in [1.82, 2.24) is 9.47 Å². The maximum absolute atomic E-state index is 14.5. The van der Waals surface area contributed by atoms with Gasteiger partial charge < -0.3 is 14.8 Å². The van der Waals surface area contributed by atoms with Gasteiger partial charge in [0.15, 0.2) is 0 Å². The average molecular weight is 490 g/mol. The van der Waals surface area contributed by atoms with Gasteiger partial charge in [-0.2, -0.15) is 0 Å². The lowest BCUT2D eigenvalue weighted by molar-refractivity contribution is 0.194. The number of para-hydroxylation sites is 1. The summed E-state index contributed by atoms with van der Waals surface area (Å²) in [5.74, 6) is -0.487. The predicted molar refractivity (Wildman–Crippen MR) is 127 cm³/mol. The summed E-state index contributed by atoms with van der Waals surface area (Å²) >= 11 is 3.26. The van der Waals surface area contributed by atoms with Crippen LogP contribution < -0.4 is 5.32 Å². The molecule has 5 rings (SSSR count). The molecule has 4 aromatic rings. The molecule has 0 saturated heterocycles. The molecule has 2 heterocycles. The number of hydrogen-bond acceptors (Lipinski definition) is 1. The SMILES string of the molecule is Cc1ccccc1C1c2cccn2-c2ccccc2CN1C(=O)Nc1ccc(Br)cc1F. The number of nitrogens with zero attached hydrogens (tertiary/aromatic N) is 2. The van der Waals surface area contributed by atoms with E-state index in [0.29, 0.717) is 11.0 Å². The molecule has 0 fully saturated rings. The number of fused-ring (bicyclic) bond motifs is 3. The van der Waals surface area contributed by atoms with Gasteiger partial charge in [-0.3, -0.25) is 0 Å². The van der Waals surface area contributed by atoms with Crippen LogP contribution in [-0.2, 0) is 6.54 Å². The lowest BCUT2D eigenvalue weighted by Gasteiger charge is -2.32. The van der Waals surface area contributed by atoms with Gasteiger partial charge in [0, 0.05) is 16.4 Å². The molecule has 1 aromatic heterocycles. The van der Waals surface area contributed by atoms with E-state index >= 15 is 0 Å². The molecule has 0 spiro atoms. The minimum Gasteiger partial charge on any atom is -0.318 e. The van der Waals surface area contributed by atoms with Crippen molar-refractivity contribution in [2.45, 2.75) is 19.5 Å². The molecule has 1 aliphatic heterocycles. The predicted octanol–water partition coefficient (Wildman–Crippen LogP) is 6.82. The zero-order chi connectivity index (χ0) is 22.2. The summed E-state index contributed by atoms with van der Waals surface area (Å²) in [6.07, 6.45) is 2.02. The number of carbonyl (C=O) groups is 1. The van der Waals surface area contributed by atoms with E-state index in [1.165, 1.54) is 6.07 Å². The van der Waals surface area contributed by atoms with Gasteiger partial charge in [-0.25, -0.2) is 9.18 Å². The lowest BCUT2D eigenvalue weighted by atomic mass is 9.97. The van der Waals surface area contributed by atoms with Gasteiger partial charge in [-0.05, 0) is 60.0 Å². The quantitative estimate of drug-likeness (QED) is 0.329. The van der Waals surface area contributed by atoms with Crippen LogP contribution in [-0.4, -0.2) is 15.5 Å². The molecule has 0 saturated carbocycles. The third kappa shape index (κ3) is 3.60. The van der Waals surface area contributed by atoms with Gasteiger partial charge in [-0.15, -0.1) is 0 Å². The van der Waals surface area contributed by atoms with Crippen LogP contribution in [0.25, 0.3) is 5.69 Å². The first kappa shape index (κ1) is 20.5. The van der Waals surface area contributed by atoms with Crippen LogP contribution in [0.15, 0.2) is 89.5 Å². The van der Waals surface area contributed by atoms with Crippen molar-refractivity contribution < 1.29 is 9.18 Å². The average Bonchev–Trinajstić information content (AvgIpc) is 3.21. The number of nitrogens with one attached hydrogen (secondary N) is 1. The number of benzene rings is 3. The van der Waals surface area contributed by atoms with E-state index in [4.69, 9.17) is 0 Å². The van der Waals surface area contributed by atoms with E-state index in [1.54, 1.807) is 17.0 Å². The highest BCUT2D eigenvalue weighted by molar-refractivity contribution is 9.10. The highest BCUT2D eigenvalue weighted by Gasteiger charge is 2.33. The van der Waals surface area contributed by atoms with E-state index in [2.05, 4.69) is 31.9 Å². The number of aryl methyl sites for hydroxylation is 1. The second-order valence-corrected chi connectivity index (χ2v) is 8.79. The van der Waals surface area contributed by atoms with Crippen LogP contribution in [0.4, 0.5) is 14.9 Å². The Balaban J connectivity index is 1.65. The minimum absolute atomic E-state index is 0.148. The largest absolute Gasteiger partial charge is 0.323 e. The van der Waals surface area contributed by atoms with Gasteiger partial charge >= 0.3 is 6.03 Å². The maximum atomic E-state index is 14.5. The number of rotatable bonds is 2. The fraction of sp³-hybridized carbons (Fsp3) is 0.115. The fourth-order valence-electron chi connectivity index (χ4n) is 4.34. The summed E-state index contributed by atoms with van der Waals surface area (Å²) in [7, 11) is 0. The van der Waals surface area contributed by atoms with Crippen molar-refractivity contribution >= 4 is 27.6 Å². The molecule has 2 amide bonds. The van der Waals surface area contributed by atoms with Crippen LogP contribution >= 0.6 is 15.9 Å². The molecule has 4 nitrogen and oxygen atoms in total. The fourth-order valence-corrected chi connectivity index (χ4v) is 4.67. The van der Waals surface area contributed by atoms with E-state index in [-0.39, 0.29) is 17.8 Å². The summed E-state index contributed by atoms with van der Waals surface area (Å²) in [6, 6.07) is 24.1. The Hall–Kier alpha value is -3.38. The molecule has 32 heavy (non-hydrogen) atoms. The minimum atomic E-state index is -0.487. The van der Waals surface area contributed by atoms with E-state index in [1.807, 2.05) is 67.7 Å². The molecule has 3 aromatic carbocycles. The first-order chi connectivity index (χ1) is 15.5. The summed E-state index contributed by atoms with van der Waals surface area (Å²) in [5, 5.41) is 2.79. The zero-order valence-electron chi connectivity index (χ0n) is 17.4. The molecule has 6 heteroatoms. The molecule has 1 aliphatic rings. The standard InChI is InChI=1S/C26H21BrFN3O/c1-17-7-2-4-9-20(17)25-24-11-6-14-30(24)23-10-5-3-8-18(23)16-31(25)26(32)29-22-13-12-19(27)15-21(22)28/h2-15,25H,16H2,1H3,(H,29,32). The topological polar surface area (TPSA) is 37.3 Å². The molecule has 0 bridgehead atoms. The van der Waals surface area contributed by atoms with Crippen LogP contribution in [0.3, 0.4) is 0 Å². The Bertz CT molecular complexity index is 1320. The molecule has 1 unspecified atom stereocenters. The number of hydrogen-bond donors (Lipinski definition) is 1. The normalized spacial score (nSPS) is 15.0. The van der Waals surface area contributed by atoms with Crippen molar-refractivity contribution in [2.75, 3.05) is 5.32 Å². The third-order valence-corrected chi connectivity index (χ3v) is 6.37. The van der Waals surface area contributed by atoms with Crippen molar-refractivity contribution in [3.8, 4) is 5.69 Å². The van der Waals surface area contributed by atoms with Gasteiger partial charge in [-0.1, -0.05) is 58.4 Å². The van der Waals surface area contributed by atoms with E-state index in [0.717, 1.165) is 28.1 Å². The van der Waals surface area contributed by atoms with Crippen LogP contribution in [0.5, 0.6) is 0 Å². The Morgan fingerprint density at radius 1 is 1.03 bits per heavy atom. The van der Waals surface area contributed by atoms with Crippen molar-refractivity contribution in [2.24, 2.45) is 0 Å². The Morgan fingerprint density at radius 2 is 1.81 bits per heavy atom. The second kappa shape index (κ2) is 8.28. The monoisotopic (exact) mass is 489 g/mol. The molecule has 160 valence electrons. The number of carbonyl (C=O) groups excluding carboxylic acids is 1. The summed E-state index contributed by atoms with van der Waals surface area (Å²) in [5.41, 5.74) is 5.31. The first-order valence-corrected chi connectivity index (χ1v) is 11.2. The van der Waals surface area contributed by atoms with Gasteiger partial charge in [0.1, 0.15) is 11.9 Å². The van der Waals surface area contributed by atoms with E-state index in [9.17, 15) is 9.18 Å². The van der Waals surface area contributed by atoms with Crippen LogP contribution in [0.2, 0.25) is 0 Å². The Kier molecular flexibility index (Phi) is 5.31. The molecule has 0 radical (unpaired) electrons. The van der Waals surface area contributed by atoms with Crippen molar-refractivity contribution in [1.29, 1.82) is 0 Å². The zero-order valence-corrected chi connectivity index (χ0v) is 19.0. The Morgan fingerprint density at radius 3 is 2.62 bits per heavy atom. The molecular formula is C26H21BrFN3O. The number of anilines is 1. The number of amides is 2. The lowest BCUT2D eigenvalue weighted by Crippen LogP contribution is -2.38.